The Hall–Kier alpha value is -2.42. The lowest BCUT2D eigenvalue weighted by Crippen LogP contribution is -2.27. The van der Waals surface area contributed by atoms with E-state index in [9.17, 15) is 8.42 Å². The van der Waals surface area contributed by atoms with Crippen molar-refractivity contribution in [3.05, 3.63) is 53.6 Å². The van der Waals surface area contributed by atoms with Crippen molar-refractivity contribution < 1.29 is 17.9 Å². The maximum Gasteiger partial charge on any atom is 0.264 e. The van der Waals surface area contributed by atoms with E-state index in [0.717, 1.165) is 0 Å². The molecule has 0 unspecified atom stereocenters. The van der Waals surface area contributed by atoms with Crippen molar-refractivity contribution in [3.63, 3.8) is 0 Å². The van der Waals surface area contributed by atoms with E-state index in [1.165, 1.54) is 12.1 Å². The highest BCUT2D eigenvalue weighted by atomic mass is 35.5. The van der Waals surface area contributed by atoms with Crippen molar-refractivity contribution in [1.82, 2.24) is 9.97 Å². The normalized spacial score (nSPS) is 15.5. The predicted octanol–water partition coefficient (Wildman–Crippen LogP) is 3.64. The van der Waals surface area contributed by atoms with Gasteiger partial charge >= 0.3 is 0 Å². The largest absolute Gasteiger partial charge is 0.472 e. The number of nitrogens with zero attached hydrogens (tertiary/aromatic N) is 2. The number of benzene rings is 2. The summed E-state index contributed by atoms with van der Waals surface area (Å²) in [6, 6.07) is 13.4. The van der Waals surface area contributed by atoms with Crippen LogP contribution < -0.4 is 9.46 Å². The molecular formula is C19H18ClN3O4S. The van der Waals surface area contributed by atoms with Gasteiger partial charge in [0.05, 0.1) is 29.3 Å². The average Bonchev–Trinajstić information content (AvgIpc) is 2.69. The first kappa shape index (κ1) is 18.9. The van der Waals surface area contributed by atoms with Gasteiger partial charge in [-0.1, -0.05) is 35.9 Å². The Balaban J connectivity index is 1.73. The van der Waals surface area contributed by atoms with E-state index < -0.39 is 10.0 Å². The van der Waals surface area contributed by atoms with Gasteiger partial charge < -0.3 is 9.47 Å². The molecule has 0 atom stereocenters. The number of para-hydroxylation sites is 2. The summed E-state index contributed by atoms with van der Waals surface area (Å²) >= 11 is 6.07. The van der Waals surface area contributed by atoms with Gasteiger partial charge in [0.15, 0.2) is 0 Å². The number of rotatable bonds is 5. The van der Waals surface area contributed by atoms with Gasteiger partial charge in [0.25, 0.3) is 15.9 Å². The molecule has 1 fully saturated rings. The average molecular weight is 420 g/mol. The summed E-state index contributed by atoms with van der Waals surface area (Å²) in [5, 5.41) is 0.121. The molecule has 146 valence electrons. The van der Waals surface area contributed by atoms with Crippen LogP contribution in [0.2, 0.25) is 5.02 Å². The maximum atomic E-state index is 12.9. The van der Waals surface area contributed by atoms with Crippen LogP contribution in [0.1, 0.15) is 12.8 Å². The van der Waals surface area contributed by atoms with Crippen LogP contribution in [0, 0.1) is 0 Å². The van der Waals surface area contributed by atoms with E-state index in [1.54, 1.807) is 24.3 Å². The minimum atomic E-state index is -3.97. The van der Waals surface area contributed by atoms with Gasteiger partial charge in [-0.3, -0.25) is 4.72 Å². The predicted molar refractivity (Wildman–Crippen MR) is 106 cm³/mol. The van der Waals surface area contributed by atoms with Crippen molar-refractivity contribution >= 4 is 38.5 Å². The first-order valence-electron chi connectivity index (χ1n) is 8.81. The quantitative estimate of drug-likeness (QED) is 0.679. The van der Waals surface area contributed by atoms with E-state index in [0.29, 0.717) is 37.1 Å². The molecule has 1 aliphatic heterocycles. The van der Waals surface area contributed by atoms with Crippen molar-refractivity contribution in [2.45, 2.75) is 23.8 Å². The van der Waals surface area contributed by atoms with Crippen LogP contribution in [0.5, 0.6) is 5.88 Å². The minimum absolute atomic E-state index is 0.0325. The molecule has 0 saturated carbocycles. The summed E-state index contributed by atoms with van der Waals surface area (Å²) in [5.41, 5.74) is 1.17. The Kier molecular flexibility index (Phi) is 5.34. The van der Waals surface area contributed by atoms with Crippen LogP contribution in [0.3, 0.4) is 0 Å². The van der Waals surface area contributed by atoms with E-state index in [1.807, 2.05) is 12.1 Å². The summed E-state index contributed by atoms with van der Waals surface area (Å²) in [6.45, 7) is 1.18. The smallest absolute Gasteiger partial charge is 0.264 e. The maximum absolute atomic E-state index is 12.9. The zero-order valence-electron chi connectivity index (χ0n) is 14.8. The van der Waals surface area contributed by atoms with Crippen LogP contribution in [-0.2, 0) is 14.8 Å². The molecule has 9 heteroatoms. The van der Waals surface area contributed by atoms with Gasteiger partial charge in [-0.15, -0.1) is 0 Å². The van der Waals surface area contributed by atoms with Gasteiger partial charge in [-0.2, -0.15) is 0 Å². The zero-order valence-corrected chi connectivity index (χ0v) is 16.4. The summed E-state index contributed by atoms with van der Waals surface area (Å²) < 4.78 is 39.6. The summed E-state index contributed by atoms with van der Waals surface area (Å²) in [4.78, 5) is 8.87. The molecule has 28 heavy (non-hydrogen) atoms. The third-order valence-corrected chi connectivity index (χ3v) is 6.18. The van der Waals surface area contributed by atoms with E-state index >= 15 is 0 Å². The second-order valence-corrected chi connectivity index (χ2v) is 8.39. The van der Waals surface area contributed by atoms with Crippen LogP contribution in [-0.4, -0.2) is 37.7 Å². The van der Waals surface area contributed by atoms with Crippen LogP contribution >= 0.6 is 11.6 Å². The van der Waals surface area contributed by atoms with Crippen LogP contribution in [0.15, 0.2) is 53.4 Å². The van der Waals surface area contributed by atoms with Crippen molar-refractivity contribution in [2.24, 2.45) is 0 Å². The first-order valence-corrected chi connectivity index (χ1v) is 10.7. The van der Waals surface area contributed by atoms with Gasteiger partial charge in [0, 0.05) is 12.8 Å². The van der Waals surface area contributed by atoms with E-state index in [2.05, 4.69) is 14.7 Å². The minimum Gasteiger partial charge on any atom is -0.472 e. The number of aromatic nitrogens is 2. The molecule has 7 nitrogen and oxygen atoms in total. The highest BCUT2D eigenvalue weighted by molar-refractivity contribution is 7.92. The fraction of sp³-hybridized carbons (Fsp3) is 0.263. The number of ether oxygens (including phenoxy) is 2. The highest BCUT2D eigenvalue weighted by Gasteiger charge is 2.24. The fourth-order valence-corrected chi connectivity index (χ4v) is 4.45. The molecule has 3 aromatic rings. The molecule has 2 heterocycles. The summed E-state index contributed by atoms with van der Waals surface area (Å²) in [6.07, 6.45) is 1.28. The number of hydrogen-bond donors (Lipinski definition) is 1. The Bertz CT molecular complexity index is 1100. The third-order valence-electron chi connectivity index (χ3n) is 4.34. The van der Waals surface area contributed by atoms with Gasteiger partial charge in [0.2, 0.25) is 5.82 Å². The Morgan fingerprint density at radius 2 is 1.64 bits per heavy atom. The lowest BCUT2D eigenvalue weighted by atomic mass is 10.1. The third kappa shape index (κ3) is 4.04. The first-order chi connectivity index (χ1) is 13.5. The summed E-state index contributed by atoms with van der Waals surface area (Å²) in [5.74, 6) is 0.173. The molecule has 4 rings (SSSR count). The zero-order chi connectivity index (χ0) is 19.6. The molecule has 1 saturated heterocycles. The van der Waals surface area contributed by atoms with E-state index in [-0.39, 0.29) is 27.7 Å². The van der Waals surface area contributed by atoms with Gasteiger partial charge in [0.1, 0.15) is 11.0 Å². The molecule has 1 N–H and O–H groups in total. The molecule has 1 aliphatic rings. The topological polar surface area (TPSA) is 90.4 Å². The molecule has 0 radical (unpaired) electrons. The molecule has 2 aromatic carbocycles. The van der Waals surface area contributed by atoms with Crippen molar-refractivity contribution in [2.75, 3.05) is 17.9 Å². The number of sulfonamides is 1. The Morgan fingerprint density at radius 3 is 2.36 bits per heavy atom. The number of anilines is 1. The molecule has 1 aromatic heterocycles. The SMILES string of the molecule is O=S(=O)(Nc1nc2ccccc2nc1OC1CCOCC1)c1ccccc1Cl. The molecule has 0 amide bonds. The molecular weight excluding hydrogens is 402 g/mol. The Labute approximate surface area is 167 Å². The van der Waals surface area contributed by atoms with Crippen molar-refractivity contribution in [1.29, 1.82) is 0 Å². The fourth-order valence-electron chi connectivity index (χ4n) is 2.93. The molecule has 0 bridgehead atoms. The standard InChI is InChI=1S/C19H18ClN3O4S/c20-14-5-1-4-8-17(14)28(24,25)23-18-19(27-13-9-11-26-12-10-13)22-16-7-3-2-6-15(16)21-18/h1-8,13H,9-12H2,(H,21,23). The molecule has 0 aliphatic carbocycles. The van der Waals surface area contributed by atoms with Crippen LogP contribution in [0.4, 0.5) is 5.82 Å². The Morgan fingerprint density at radius 1 is 1.00 bits per heavy atom. The van der Waals surface area contributed by atoms with Crippen molar-refractivity contribution in [3.8, 4) is 5.88 Å². The second-order valence-electron chi connectivity index (χ2n) is 6.33. The van der Waals surface area contributed by atoms with Gasteiger partial charge in [-0.05, 0) is 24.3 Å². The second kappa shape index (κ2) is 7.90. The van der Waals surface area contributed by atoms with E-state index in [4.69, 9.17) is 21.1 Å². The monoisotopic (exact) mass is 419 g/mol. The molecule has 0 spiro atoms. The number of hydrogen-bond acceptors (Lipinski definition) is 6. The lowest BCUT2D eigenvalue weighted by molar-refractivity contribution is 0.0241. The lowest BCUT2D eigenvalue weighted by Gasteiger charge is -2.23. The number of halogens is 1. The number of fused-ring (bicyclic) bond motifs is 1. The van der Waals surface area contributed by atoms with Crippen LogP contribution in [0.25, 0.3) is 11.0 Å². The van der Waals surface area contributed by atoms with Gasteiger partial charge in [-0.25, -0.2) is 18.4 Å². The summed E-state index contributed by atoms with van der Waals surface area (Å²) in [7, 11) is -3.97. The number of nitrogens with one attached hydrogen (secondary N) is 1. The highest BCUT2D eigenvalue weighted by Crippen LogP contribution is 2.30.